The summed E-state index contributed by atoms with van der Waals surface area (Å²) in [5, 5.41) is 23.3. The van der Waals surface area contributed by atoms with Crippen LogP contribution in [0.2, 0.25) is 0 Å². The number of rotatable bonds is 10. The topological polar surface area (TPSA) is 66.8 Å². The van der Waals surface area contributed by atoms with Crippen LogP contribution >= 0.6 is 15.9 Å². The summed E-state index contributed by atoms with van der Waals surface area (Å²) in [6.45, 7) is 7.82. The Morgan fingerprint density at radius 1 is 1.19 bits per heavy atom. The molecule has 1 aromatic rings. The van der Waals surface area contributed by atoms with Crippen molar-refractivity contribution in [2.45, 2.75) is 83.0 Å². The van der Waals surface area contributed by atoms with Crippen LogP contribution in [0.5, 0.6) is 11.5 Å². The lowest BCUT2D eigenvalue weighted by atomic mass is 9.61. The monoisotopic (exact) mass is 504 g/mol. The quantitative estimate of drug-likeness (QED) is 0.155. The van der Waals surface area contributed by atoms with Gasteiger partial charge in [0.15, 0.2) is 0 Å². The third-order valence-corrected chi connectivity index (χ3v) is 7.96. The molecule has 0 saturated heterocycles. The minimum Gasteiger partial charge on any atom is -0.507 e. The number of hydrogen-bond donors (Lipinski definition) is 2. The number of aromatic hydroxyl groups is 2. The van der Waals surface area contributed by atoms with Gasteiger partial charge in [-0.1, -0.05) is 53.4 Å². The van der Waals surface area contributed by atoms with Gasteiger partial charge in [-0.3, -0.25) is 4.79 Å². The van der Waals surface area contributed by atoms with E-state index in [9.17, 15) is 15.0 Å². The first-order chi connectivity index (χ1) is 15.3. The van der Waals surface area contributed by atoms with Gasteiger partial charge in [-0.15, -0.1) is 0 Å². The van der Waals surface area contributed by atoms with Gasteiger partial charge in [0, 0.05) is 23.7 Å². The van der Waals surface area contributed by atoms with E-state index in [0.29, 0.717) is 5.56 Å². The lowest BCUT2D eigenvalue weighted by molar-refractivity contribution is -0.140. The summed E-state index contributed by atoms with van der Waals surface area (Å²) in [4.78, 5) is 11.2. The molecule has 1 fully saturated rings. The molecule has 2 aliphatic rings. The van der Waals surface area contributed by atoms with Crippen LogP contribution in [0.1, 0.15) is 88.7 Å². The number of phenols is 2. The van der Waals surface area contributed by atoms with Crippen LogP contribution in [0.3, 0.4) is 0 Å². The maximum Gasteiger partial charge on any atom is 0.302 e. The standard InChI is InChI=1S/C27H37BrO4/c1-18(2)22-9-8-20(17-32-19(3)29)14-23(22)26-24(30)15-21(16-25(26)31)27(11-7-12-27)10-5-4-6-13-28/h14-16,22-23,30-31H,1,4-13,17H2,2-3H3/t22-,23+/m1/s1. The van der Waals surface area contributed by atoms with Crippen molar-refractivity contribution < 1.29 is 19.7 Å². The highest BCUT2D eigenvalue weighted by molar-refractivity contribution is 9.09. The molecule has 176 valence electrons. The van der Waals surface area contributed by atoms with Crippen LogP contribution in [0.4, 0.5) is 0 Å². The third-order valence-electron chi connectivity index (χ3n) is 7.40. The number of hydrogen-bond acceptors (Lipinski definition) is 4. The molecule has 32 heavy (non-hydrogen) atoms. The summed E-state index contributed by atoms with van der Waals surface area (Å²) in [7, 11) is 0. The zero-order chi connectivity index (χ0) is 23.3. The molecule has 0 spiro atoms. The highest BCUT2D eigenvalue weighted by atomic mass is 79.9. The third kappa shape index (κ3) is 5.59. The van der Waals surface area contributed by atoms with Crippen molar-refractivity contribution in [2.24, 2.45) is 5.92 Å². The number of phenolic OH excluding ortho intramolecular Hbond substituents is 2. The van der Waals surface area contributed by atoms with E-state index in [1.807, 2.05) is 19.1 Å². The van der Waals surface area contributed by atoms with E-state index in [0.717, 1.165) is 60.6 Å². The van der Waals surface area contributed by atoms with Crippen molar-refractivity contribution in [3.05, 3.63) is 47.1 Å². The minimum atomic E-state index is -0.304. The largest absolute Gasteiger partial charge is 0.507 e. The second kappa shape index (κ2) is 10.9. The number of carbonyl (C=O) groups excluding carboxylic acids is 1. The Labute approximate surface area is 200 Å². The molecule has 2 atom stereocenters. The number of allylic oxidation sites excluding steroid dienone is 2. The van der Waals surface area contributed by atoms with E-state index in [-0.39, 0.29) is 41.3 Å². The first-order valence-electron chi connectivity index (χ1n) is 11.9. The van der Waals surface area contributed by atoms with E-state index in [1.54, 1.807) is 0 Å². The smallest absolute Gasteiger partial charge is 0.302 e. The van der Waals surface area contributed by atoms with Crippen LogP contribution in [0.15, 0.2) is 35.9 Å². The normalized spacial score (nSPS) is 22.0. The van der Waals surface area contributed by atoms with Gasteiger partial charge in [-0.25, -0.2) is 0 Å². The Morgan fingerprint density at radius 3 is 2.41 bits per heavy atom. The van der Waals surface area contributed by atoms with Crippen molar-refractivity contribution in [1.29, 1.82) is 0 Å². The molecular weight excluding hydrogens is 468 g/mol. The van der Waals surface area contributed by atoms with Crippen LogP contribution in [-0.2, 0) is 14.9 Å². The average Bonchev–Trinajstić information content (AvgIpc) is 2.70. The summed E-state index contributed by atoms with van der Waals surface area (Å²) in [5.74, 6) is -0.0415. The molecule has 0 aliphatic heterocycles. The second-order valence-corrected chi connectivity index (χ2v) is 10.5. The molecule has 0 heterocycles. The summed E-state index contributed by atoms with van der Waals surface area (Å²) >= 11 is 3.51. The molecule has 5 heteroatoms. The van der Waals surface area contributed by atoms with E-state index in [2.05, 4.69) is 28.6 Å². The average molecular weight is 505 g/mol. The summed E-state index contributed by atoms with van der Waals surface area (Å²) in [6.07, 6.45) is 11.8. The zero-order valence-corrected chi connectivity index (χ0v) is 21.0. The molecule has 0 aromatic heterocycles. The van der Waals surface area contributed by atoms with Gasteiger partial charge in [0.2, 0.25) is 0 Å². The van der Waals surface area contributed by atoms with Gasteiger partial charge in [-0.05, 0) is 80.1 Å². The SMILES string of the molecule is C=C(C)[C@H]1CCC(COC(C)=O)=C[C@@H]1c1c(O)cc(C2(CCCCCBr)CCC2)cc1O. The Kier molecular flexibility index (Phi) is 8.49. The van der Waals surface area contributed by atoms with E-state index in [4.69, 9.17) is 4.74 Å². The molecule has 4 nitrogen and oxygen atoms in total. The number of esters is 1. The Bertz CT molecular complexity index is 845. The zero-order valence-electron chi connectivity index (χ0n) is 19.5. The first kappa shape index (κ1) is 24.9. The predicted octanol–water partition coefficient (Wildman–Crippen LogP) is 7.03. The fraction of sp³-hybridized carbons (Fsp3) is 0.593. The van der Waals surface area contributed by atoms with E-state index >= 15 is 0 Å². The van der Waals surface area contributed by atoms with Gasteiger partial charge < -0.3 is 14.9 Å². The number of unbranched alkanes of at least 4 members (excludes halogenated alkanes) is 2. The Hall–Kier alpha value is -1.75. The van der Waals surface area contributed by atoms with Gasteiger partial charge in [0.25, 0.3) is 0 Å². The molecule has 2 aliphatic carbocycles. The van der Waals surface area contributed by atoms with E-state index < -0.39 is 0 Å². The molecule has 2 N–H and O–H groups in total. The maximum atomic E-state index is 11.2. The lowest BCUT2D eigenvalue weighted by Gasteiger charge is -2.43. The van der Waals surface area contributed by atoms with Gasteiger partial charge in [0.05, 0.1) is 0 Å². The molecular formula is C27H37BrO4. The maximum absolute atomic E-state index is 11.2. The van der Waals surface area contributed by atoms with Crippen molar-refractivity contribution in [3.63, 3.8) is 0 Å². The summed E-state index contributed by atoms with van der Waals surface area (Å²) < 4.78 is 5.20. The fourth-order valence-electron chi connectivity index (χ4n) is 5.42. The number of alkyl halides is 1. The Balaban J connectivity index is 1.90. The number of carbonyl (C=O) groups is 1. The van der Waals surface area contributed by atoms with E-state index in [1.165, 1.54) is 26.2 Å². The van der Waals surface area contributed by atoms with Gasteiger partial charge in [-0.2, -0.15) is 0 Å². The molecule has 3 rings (SSSR count). The van der Waals surface area contributed by atoms with Gasteiger partial charge >= 0.3 is 5.97 Å². The molecule has 0 amide bonds. The van der Waals surface area contributed by atoms with Crippen molar-refractivity contribution in [3.8, 4) is 11.5 Å². The van der Waals surface area contributed by atoms with Crippen molar-refractivity contribution in [1.82, 2.24) is 0 Å². The Morgan fingerprint density at radius 2 is 1.88 bits per heavy atom. The summed E-state index contributed by atoms with van der Waals surface area (Å²) in [6, 6.07) is 3.78. The van der Waals surface area contributed by atoms with Crippen LogP contribution in [0.25, 0.3) is 0 Å². The molecule has 0 radical (unpaired) electrons. The second-order valence-electron chi connectivity index (χ2n) is 9.68. The summed E-state index contributed by atoms with van der Waals surface area (Å²) in [5.41, 5.74) is 3.76. The fourth-order valence-corrected chi connectivity index (χ4v) is 5.81. The van der Waals surface area contributed by atoms with Crippen molar-refractivity contribution >= 4 is 21.9 Å². The highest BCUT2D eigenvalue weighted by Crippen LogP contribution is 2.52. The molecule has 1 aromatic carbocycles. The lowest BCUT2D eigenvalue weighted by Crippen LogP contribution is -2.34. The molecule has 0 unspecified atom stereocenters. The van der Waals surface area contributed by atoms with Gasteiger partial charge in [0.1, 0.15) is 18.1 Å². The van der Waals surface area contributed by atoms with Crippen LogP contribution in [0, 0.1) is 5.92 Å². The number of ether oxygens (including phenoxy) is 1. The molecule has 0 bridgehead atoms. The predicted molar refractivity (Wildman–Crippen MR) is 133 cm³/mol. The highest BCUT2D eigenvalue weighted by Gasteiger charge is 2.40. The van der Waals surface area contributed by atoms with Crippen LogP contribution < -0.4 is 0 Å². The van der Waals surface area contributed by atoms with Crippen LogP contribution in [-0.4, -0.2) is 28.1 Å². The number of benzene rings is 1. The number of halogens is 1. The first-order valence-corrected chi connectivity index (χ1v) is 13.0. The minimum absolute atomic E-state index is 0.0798. The molecule has 1 saturated carbocycles. The van der Waals surface area contributed by atoms with Crippen molar-refractivity contribution in [2.75, 3.05) is 11.9 Å².